The van der Waals surface area contributed by atoms with Crippen LogP contribution in [-0.4, -0.2) is 47.0 Å². The molecule has 0 aliphatic heterocycles. The first-order valence-electron chi connectivity index (χ1n) is 12.2. The van der Waals surface area contributed by atoms with Crippen LogP contribution in [0.3, 0.4) is 0 Å². The maximum Gasteiger partial charge on any atom is 0.408 e. The van der Waals surface area contributed by atoms with Gasteiger partial charge in [-0.05, 0) is 52.0 Å². The molecule has 1 fully saturated rings. The minimum absolute atomic E-state index is 0.132. The Bertz CT molecular complexity index is 782. The first kappa shape index (κ1) is 26.7. The zero-order valence-electron chi connectivity index (χ0n) is 21.0. The second-order valence-electron chi connectivity index (χ2n) is 10.1. The lowest BCUT2D eigenvalue weighted by atomic mass is 9.94. The van der Waals surface area contributed by atoms with E-state index >= 15 is 0 Å². The molecule has 2 unspecified atom stereocenters. The average Bonchev–Trinajstić information content (AvgIpc) is 2.75. The van der Waals surface area contributed by atoms with Gasteiger partial charge >= 0.3 is 6.09 Å². The van der Waals surface area contributed by atoms with Gasteiger partial charge in [-0.15, -0.1) is 0 Å². The van der Waals surface area contributed by atoms with Gasteiger partial charge in [0, 0.05) is 12.6 Å². The zero-order chi connectivity index (χ0) is 24.6. The number of alkyl carbamates (subject to hydrolysis) is 1. The van der Waals surface area contributed by atoms with Crippen molar-refractivity contribution in [3.8, 4) is 0 Å². The van der Waals surface area contributed by atoms with E-state index in [2.05, 4.69) is 10.6 Å². The van der Waals surface area contributed by atoms with E-state index in [0.29, 0.717) is 6.54 Å². The number of amides is 3. The molecule has 2 rings (SSSR count). The van der Waals surface area contributed by atoms with Crippen LogP contribution in [0.15, 0.2) is 30.3 Å². The van der Waals surface area contributed by atoms with Gasteiger partial charge in [-0.2, -0.15) is 0 Å². The van der Waals surface area contributed by atoms with Crippen LogP contribution >= 0.6 is 0 Å². The van der Waals surface area contributed by atoms with Gasteiger partial charge in [-0.3, -0.25) is 9.59 Å². The summed E-state index contributed by atoms with van der Waals surface area (Å²) in [6, 6.07) is 7.91. The molecule has 0 saturated heterocycles. The molecule has 0 radical (unpaired) electrons. The van der Waals surface area contributed by atoms with Gasteiger partial charge in [0.15, 0.2) is 0 Å². The van der Waals surface area contributed by atoms with Crippen molar-refractivity contribution in [2.45, 2.75) is 97.4 Å². The van der Waals surface area contributed by atoms with Gasteiger partial charge in [-0.25, -0.2) is 4.79 Å². The molecule has 2 atom stereocenters. The minimum atomic E-state index is -0.812. The number of nitrogens with one attached hydrogen (secondary N) is 2. The Morgan fingerprint density at radius 3 is 2.18 bits per heavy atom. The molecule has 1 aromatic rings. The molecule has 184 valence electrons. The fourth-order valence-corrected chi connectivity index (χ4v) is 4.23. The highest BCUT2D eigenvalue weighted by Gasteiger charge is 2.37. The maximum absolute atomic E-state index is 13.7. The number of ether oxygens (including phenoxy) is 1. The van der Waals surface area contributed by atoms with Crippen molar-refractivity contribution < 1.29 is 19.1 Å². The Kier molecular flexibility index (Phi) is 9.74. The number of nitrogens with zero attached hydrogens (tertiary/aromatic N) is 1. The third-order valence-electron chi connectivity index (χ3n) is 5.86. The highest BCUT2D eigenvalue weighted by Crippen LogP contribution is 2.25. The van der Waals surface area contributed by atoms with Crippen molar-refractivity contribution in [3.63, 3.8) is 0 Å². The van der Waals surface area contributed by atoms with Gasteiger partial charge in [0.25, 0.3) is 0 Å². The summed E-state index contributed by atoms with van der Waals surface area (Å²) < 4.78 is 5.37. The fraction of sp³-hybridized carbons (Fsp3) is 0.654. The SMILES string of the molecule is CCN(C(=O)C(NC(=O)OC(C)(C)C)C(C)C)C(C(=O)NC1CCCCC1)c1ccccc1. The standard InChI is InChI=1S/C26H41N3O4/c1-7-29(24(31)21(18(2)3)28-25(32)33-26(4,5)6)22(19-14-10-8-11-15-19)23(30)27-20-16-12-9-13-17-20/h8,10-11,14-15,18,20-22H,7,9,12-13,16-17H2,1-6H3,(H,27,30)(H,28,32). The molecule has 2 N–H and O–H groups in total. The number of benzene rings is 1. The molecule has 7 heteroatoms. The third kappa shape index (κ3) is 8.06. The molecule has 33 heavy (non-hydrogen) atoms. The number of carbonyl (C=O) groups excluding carboxylic acids is 3. The van der Waals surface area contributed by atoms with E-state index in [1.165, 1.54) is 6.42 Å². The van der Waals surface area contributed by atoms with Crippen LogP contribution in [0.5, 0.6) is 0 Å². The van der Waals surface area contributed by atoms with Crippen LogP contribution in [-0.2, 0) is 14.3 Å². The summed E-state index contributed by atoms with van der Waals surface area (Å²) in [5.41, 5.74) is 0.0757. The van der Waals surface area contributed by atoms with Gasteiger partial charge in [-0.1, -0.05) is 63.4 Å². The Morgan fingerprint density at radius 2 is 1.67 bits per heavy atom. The number of hydrogen-bond acceptors (Lipinski definition) is 4. The topological polar surface area (TPSA) is 87.7 Å². The van der Waals surface area contributed by atoms with E-state index in [9.17, 15) is 14.4 Å². The van der Waals surface area contributed by atoms with Crippen molar-refractivity contribution in [2.75, 3.05) is 6.54 Å². The van der Waals surface area contributed by atoms with Gasteiger partial charge in [0.1, 0.15) is 17.7 Å². The molecular weight excluding hydrogens is 418 g/mol. The fourth-order valence-electron chi connectivity index (χ4n) is 4.23. The smallest absolute Gasteiger partial charge is 0.408 e. The molecule has 0 bridgehead atoms. The Balaban J connectivity index is 2.30. The molecule has 3 amide bonds. The van der Waals surface area contributed by atoms with Crippen LogP contribution < -0.4 is 10.6 Å². The first-order chi connectivity index (χ1) is 15.5. The van der Waals surface area contributed by atoms with E-state index < -0.39 is 23.8 Å². The highest BCUT2D eigenvalue weighted by atomic mass is 16.6. The summed E-state index contributed by atoms with van der Waals surface area (Å²) in [5.74, 6) is -0.661. The monoisotopic (exact) mass is 459 g/mol. The molecule has 0 spiro atoms. The van der Waals surface area contributed by atoms with Crippen molar-refractivity contribution in [3.05, 3.63) is 35.9 Å². The molecule has 7 nitrogen and oxygen atoms in total. The zero-order valence-corrected chi connectivity index (χ0v) is 21.0. The van der Waals surface area contributed by atoms with Crippen molar-refractivity contribution >= 4 is 17.9 Å². The highest BCUT2D eigenvalue weighted by molar-refractivity contribution is 5.92. The Labute approximate surface area is 198 Å². The third-order valence-corrected chi connectivity index (χ3v) is 5.86. The number of carbonyl (C=O) groups is 3. The molecule has 1 aliphatic carbocycles. The van der Waals surface area contributed by atoms with Crippen LogP contribution in [0.1, 0.15) is 85.3 Å². The average molecular weight is 460 g/mol. The van der Waals surface area contributed by atoms with Gasteiger partial charge in [0.05, 0.1) is 0 Å². The molecule has 0 aromatic heterocycles. The first-order valence-corrected chi connectivity index (χ1v) is 12.2. The van der Waals surface area contributed by atoms with E-state index in [-0.39, 0.29) is 23.8 Å². The normalized spacial score (nSPS) is 16.6. The Morgan fingerprint density at radius 1 is 1.06 bits per heavy atom. The predicted molar refractivity (Wildman–Crippen MR) is 130 cm³/mol. The minimum Gasteiger partial charge on any atom is -0.444 e. The second kappa shape index (κ2) is 12.1. The van der Waals surface area contributed by atoms with Crippen molar-refractivity contribution in [2.24, 2.45) is 5.92 Å². The van der Waals surface area contributed by atoms with Gasteiger partial charge in [0.2, 0.25) is 11.8 Å². The predicted octanol–water partition coefficient (Wildman–Crippen LogP) is 4.57. The summed E-state index contributed by atoms with van der Waals surface area (Å²) >= 11 is 0. The lowest BCUT2D eigenvalue weighted by Gasteiger charge is -2.36. The number of rotatable bonds is 8. The van der Waals surface area contributed by atoms with Crippen molar-refractivity contribution in [1.82, 2.24) is 15.5 Å². The number of likely N-dealkylation sites (N-methyl/N-ethyl adjacent to an activating group) is 1. The Hall–Kier alpha value is -2.57. The van der Waals surface area contributed by atoms with Crippen LogP contribution in [0.4, 0.5) is 4.79 Å². The molecular formula is C26H41N3O4. The molecule has 0 heterocycles. The second-order valence-corrected chi connectivity index (χ2v) is 10.1. The van der Waals surface area contributed by atoms with Crippen LogP contribution in [0.2, 0.25) is 0 Å². The van der Waals surface area contributed by atoms with E-state index in [4.69, 9.17) is 4.74 Å². The summed E-state index contributed by atoms with van der Waals surface area (Å²) in [7, 11) is 0. The lowest BCUT2D eigenvalue weighted by Crippen LogP contribution is -2.55. The van der Waals surface area contributed by atoms with E-state index in [1.54, 1.807) is 25.7 Å². The summed E-state index contributed by atoms with van der Waals surface area (Å²) in [6.07, 6.45) is 4.68. The summed E-state index contributed by atoms with van der Waals surface area (Å²) in [4.78, 5) is 41.2. The van der Waals surface area contributed by atoms with E-state index in [0.717, 1.165) is 31.2 Å². The molecule has 1 saturated carbocycles. The van der Waals surface area contributed by atoms with Crippen LogP contribution in [0.25, 0.3) is 0 Å². The van der Waals surface area contributed by atoms with Crippen LogP contribution in [0, 0.1) is 5.92 Å². The molecule has 1 aliphatic rings. The number of hydrogen-bond donors (Lipinski definition) is 2. The van der Waals surface area contributed by atoms with Gasteiger partial charge < -0.3 is 20.3 Å². The lowest BCUT2D eigenvalue weighted by molar-refractivity contribution is -0.143. The van der Waals surface area contributed by atoms with Crippen molar-refractivity contribution in [1.29, 1.82) is 0 Å². The summed E-state index contributed by atoms with van der Waals surface area (Å²) in [5, 5.41) is 5.91. The molecule has 1 aromatic carbocycles. The summed E-state index contributed by atoms with van der Waals surface area (Å²) in [6.45, 7) is 11.2. The quantitative estimate of drug-likeness (QED) is 0.596. The largest absolute Gasteiger partial charge is 0.444 e. The van der Waals surface area contributed by atoms with E-state index in [1.807, 2.05) is 51.1 Å². The maximum atomic E-state index is 13.7.